The van der Waals surface area contributed by atoms with E-state index >= 15 is 0 Å². The van der Waals surface area contributed by atoms with Crippen molar-refractivity contribution in [3.63, 3.8) is 0 Å². The van der Waals surface area contributed by atoms with E-state index in [0.29, 0.717) is 12.0 Å². The highest BCUT2D eigenvalue weighted by Crippen LogP contribution is 2.34. The number of alkyl halides is 3. The van der Waals surface area contributed by atoms with Gasteiger partial charge in [0.15, 0.2) is 11.5 Å². The molecular formula is C16H15F3O5. The summed E-state index contributed by atoms with van der Waals surface area (Å²) in [6.45, 7) is 1.68. The van der Waals surface area contributed by atoms with Gasteiger partial charge >= 0.3 is 12.3 Å². The maximum absolute atomic E-state index is 12.5. The van der Waals surface area contributed by atoms with Crippen molar-refractivity contribution in [1.82, 2.24) is 0 Å². The lowest BCUT2D eigenvalue weighted by molar-refractivity contribution is -0.275. The van der Waals surface area contributed by atoms with Crippen molar-refractivity contribution in [2.45, 2.75) is 32.7 Å². The molecule has 0 aliphatic rings. The van der Waals surface area contributed by atoms with Crippen LogP contribution in [0.4, 0.5) is 13.2 Å². The van der Waals surface area contributed by atoms with E-state index in [2.05, 4.69) is 4.74 Å². The number of benzene rings is 1. The largest absolute Gasteiger partial charge is 0.573 e. The molecule has 0 aliphatic carbocycles. The molecule has 24 heavy (non-hydrogen) atoms. The third-order valence-corrected chi connectivity index (χ3v) is 3.01. The van der Waals surface area contributed by atoms with Gasteiger partial charge in [0.1, 0.15) is 12.4 Å². The second-order valence-electron chi connectivity index (χ2n) is 4.94. The molecule has 0 radical (unpaired) electrons. The van der Waals surface area contributed by atoms with Crippen LogP contribution >= 0.6 is 0 Å². The van der Waals surface area contributed by atoms with Gasteiger partial charge in [-0.1, -0.05) is 19.4 Å². The van der Waals surface area contributed by atoms with Crippen molar-refractivity contribution < 1.29 is 37.0 Å². The van der Waals surface area contributed by atoms with E-state index in [9.17, 15) is 18.0 Å². The summed E-state index contributed by atoms with van der Waals surface area (Å²) in [4.78, 5) is 10.7. The van der Waals surface area contributed by atoms with Crippen LogP contribution < -0.4 is 9.47 Å². The number of rotatable bonds is 7. The minimum absolute atomic E-state index is 0.111. The van der Waals surface area contributed by atoms with E-state index in [-0.39, 0.29) is 23.9 Å². The first kappa shape index (κ1) is 17.7. The average molecular weight is 344 g/mol. The van der Waals surface area contributed by atoms with Crippen molar-refractivity contribution in [2.75, 3.05) is 0 Å². The summed E-state index contributed by atoms with van der Waals surface area (Å²) in [6.07, 6.45) is -3.46. The van der Waals surface area contributed by atoms with Gasteiger partial charge in [-0.15, -0.1) is 13.2 Å². The van der Waals surface area contributed by atoms with Gasteiger partial charge in [0.25, 0.3) is 0 Å². The molecule has 1 heterocycles. The highest BCUT2D eigenvalue weighted by atomic mass is 19.4. The van der Waals surface area contributed by atoms with Gasteiger partial charge in [-0.3, -0.25) is 0 Å². The predicted molar refractivity (Wildman–Crippen MR) is 77.1 cm³/mol. The first-order valence-corrected chi connectivity index (χ1v) is 7.12. The Labute approximate surface area is 135 Å². The van der Waals surface area contributed by atoms with E-state index in [1.165, 1.54) is 24.3 Å². The Bertz CT molecular complexity index is 706. The fraction of sp³-hybridized carbons (Fsp3) is 0.312. The molecule has 0 saturated heterocycles. The molecule has 0 aliphatic heterocycles. The predicted octanol–water partition coefficient (Wildman–Crippen LogP) is 4.41. The number of hydrogen-bond acceptors (Lipinski definition) is 4. The Hall–Kier alpha value is -2.64. The van der Waals surface area contributed by atoms with Crippen LogP contribution in [-0.2, 0) is 13.0 Å². The zero-order chi connectivity index (χ0) is 17.7. The summed E-state index contributed by atoms with van der Waals surface area (Å²) in [6, 6.07) is 6.91. The molecule has 1 aromatic carbocycles. The van der Waals surface area contributed by atoms with Gasteiger partial charge in [0, 0.05) is 0 Å². The lowest BCUT2D eigenvalue weighted by atomic mass is 10.1. The van der Waals surface area contributed by atoms with Crippen LogP contribution in [0.3, 0.4) is 0 Å². The molecule has 2 aromatic rings. The minimum atomic E-state index is -4.84. The molecule has 1 N–H and O–H groups in total. The van der Waals surface area contributed by atoms with Gasteiger partial charge in [0.2, 0.25) is 5.76 Å². The van der Waals surface area contributed by atoms with Gasteiger partial charge in [-0.2, -0.15) is 0 Å². The Morgan fingerprint density at radius 1 is 1.21 bits per heavy atom. The number of halogens is 3. The Morgan fingerprint density at radius 3 is 2.54 bits per heavy atom. The summed E-state index contributed by atoms with van der Waals surface area (Å²) in [7, 11) is 0. The number of hydrogen-bond donors (Lipinski definition) is 1. The van der Waals surface area contributed by atoms with E-state index in [1.54, 1.807) is 6.07 Å². The normalized spacial score (nSPS) is 11.3. The van der Waals surface area contributed by atoms with Crippen molar-refractivity contribution in [3.05, 3.63) is 47.4 Å². The lowest BCUT2D eigenvalue weighted by Gasteiger charge is -2.15. The summed E-state index contributed by atoms with van der Waals surface area (Å²) >= 11 is 0. The number of aromatic carboxylic acids is 1. The van der Waals surface area contributed by atoms with Gasteiger partial charge < -0.3 is 19.0 Å². The highest BCUT2D eigenvalue weighted by molar-refractivity contribution is 5.84. The van der Waals surface area contributed by atoms with E-state index in [4.69, 9.17) is 14.3 Å². The van der Waals surface area contributed by atoms with Crippen LogP contribution in [0, 0.1) is 0 Å². The molecule has 0 spiro atoms. The third-order valence-electron chi connectivity index (χ3n) is 3.01. The van der Waals surface area contributed by atoms with E-state index in [1.807, 2.05) is 6.92 Å². The highest BCUT2D eigenvalue weighted by Gasteiger charge is 2.32. The molecular weight excluding hydrogens is 329 g/mol. The first-order chi connectivity index (χ1) is 11.3. The van der Waals surface area contributed by atoms with Gasteiger partial charge in [0.05, 0.1) is 0 Å². The maximum Gasteiger partial charge on any atom is 0.573 e. The quantitative estimate of drug-likeness (QED) is 0.806. The molecule has 130 valence electrons. The Morgan fingerprint density at radius 2 is 1.96 bits per heavy atom. The van der Waals surface area contributed by atoms with Crippen LogP contribution in [-0.4, -0.2) is 17.4 Å². The minimum Gasteiger partial charge on any atom is -0.482 e. The molecule has 0 saturated carbocycles. The van der Waals surface area contributed by atoms with Gasteiger partial charge in [-0.05, 0) is 36.2 Å². The standard InChI is InChI=1S/C16H15F3O5/c1-2-3-10-4-6-12(14(8-10)24-16(17,18)19)22-9-11-5-7-13(23-11)15(20)21/h4-8H,2-3,9H2,1H3,(H,20,21). The van der Waals surface area contributed by atoms with Crippen molar-refractivity contribution in [1.29, 1.82) is 0 Å². The number of carboxylic acids is 1. The van der Waals surface area contributed by atoms with Crippen LogP contribution in [0.2, 0.25) is 0 Å². The third kappa shape index (κ3) is 4.94. The Balaban J connectivity index is 2.16. The monoisotopic (exact) mass is 344 g/mol. The Kier molecular flexibility index (Phi) is 5.38. The fourth-order valence-corrected chi connectivity index (χ4v) is 2.04. The smallest absolute Gasteiger partial charge is 0.482 e. The lowest BCUT2D eigenvalue weighted by Crippen LogP contribution is -2.18. The summed E-state index contributed by atoms with van der Waals surface area (Å²) < 4.78 is 51.9. The SMILES string of the molecule is CCCc1ccc(OCc2ccc(C(=O)O)o2)c(OC(F)(F)F)c1. The number of furan rings is 1. The van der Waals surface area contributed by atoms with Gasteiger partial charge in [-0.25, -0.2) is 4.79 Å². The van der Waals surface area contributed by atoms with Crippen LogP contribution in [0.1, 0.15) is 35.2 Å². The molecule has 0 bridgehead atoms. The molecule has 2 rings (SSSR count). The van der Waals surface area contributed by atoms with Crippen molar-refractivity contribution in [3.8, 4) is 11.5 Å². The zero-order valence-corrected chi connectivity index (χ0v) is 12.7. The second-order valence-corrected chi connectivity index (χ2v) is 4.94. The zero-order valence-electron chi connectivity index (χ0n) is 12.7. The van der Waals surface area contributed by atoms with Crippen LogP contribution in [0.5, 0.6) is 11.5 Å². The summed E-state index contributed by atoms with van der Waals surface area (Å²) in [5.74, 6) is -1.91. The number of ether oxygens (including phenoxy) is 2. The fourth-order valence-electron chi connectivity index (χ4n) is 2.04. The van der Waals surface area contributed by atoms with Crippen molar-refractivity contribution >= 4 is 5.97 Å². The number of carboxylic acid groups (broad SMARTS) is 1. The van der Waals surface area contributed by atoms with E-state index < -0.39 is 18.1 Å². The topological polar surface area (TPSA) is 68.9 Å². The molecule has 5 nitrogen and oxygen atoms in total. The summed E-state index contributed by atoms with van der Waals surface area (Å²) in [5.41, 5.74) is 0.690. The second kappa shape index (κ2) is 7.29. The molecule has 0 fully saturated rings. The average Bonchev–Trinajstić information content (AvgIpc) is 2.94. The van der Waals surface area contributed by atoms with E-state index in [0.717, 1.165) is 6.42 Å². The molecule has 0 atom stereocenters. The maximum atomic E-state index is 12.5. The van der Waals surface area contributed by atoms with Crippen LogP contribution in [0.15, 0.2) is 34.7 Å². The molecule has 0 amide bonds. The first-order valence-electron chi connectivity index (χ1n) is 7.12. The molecule has 1 aromatic heterocycles. The molecule has 8 heteroatoms. The number of carbonyl (C=O) groups is 1. The van der Waals surface area contributed by atoms with Crippen molar-refractivity contribution in [2.24, 2.45) is 0 Å². The van der Waals surface area contributed by atoms with Crippen LogP contribution in [0.25, 0.3) is 0 Å². The summed E-state index contributed by atoms with van der Waals surface area (Å²) in [5, 5.41) is 8.76. The number of aryl methyl sites for hydroxylation is 1. The molecule has 0 unspecified atom stereocenters.